The summed E-state index contributed by atoms with van der Waals surface area (Å²) in [6.45, 7) is 8.25. The van der Waals surface area contributed by atoms with E-state index in [2.05, 4.69) is 19.2 Å². The Morgan fingerprint density at radius 3 is 2.60 bits per heavy atom. The van der Waals surface area contributed by atoms with E-state index in [9.17, 15) is 4.79 Å². The number of carbonyl (C=O) groups excluding carboxylic acids is 1. The molecule has 0 heterocycles. The highest BCUT2D eigenvalue weighted by Crippen LogP contribution is 1.95. The van der Waals surface area contributed by atoms with Crippen molar-refractivity contribution in [2.45, 2.75) is 52.5 Å². The molecule has 0 aliphatic rings. The summed E-state index contributed by atoms with van der Waals surface area (Å²) in [6, 6.07) is 0.573. The maximum Gasteiger partial charge on any atom is 0.158 e. The standard InChI is InChI=1S/C12H25NO2/c1-4-12(14)10-15-9-7-5-6-8-13-11(2)3/h11,13H,4-10H2,1-3H3. The van der Waals surface area contributed by atoms with Gasteiger partial charge >= 0.3 is 0 Å². The zero-order valence-electron chi connectivity index (χ0n) is 10.3. The van der Waals surface area contributed by atoms with Gasteiger partial charge in [-0.3, -0.25) is 4.79 Å². The van der Waals surface area contributed by atoms with Gasteiger partial charge in [0.2, 0.25) is 0 Å². The Balaban J connectivity index is 3.02. The van der Waals surface area contributed by atoms with Crippen molar-refractivity contribution >= 4 is 5.78 Å². The zero-order chi connectivity index (χ0) is 11.5. The van der Waals surface area contributed by atoms with Crippen molar-refractivity contribution < 1.29 is 9.53 Å². The zero-order valence-corrected chi connectivity index (χ0v) is 10.3. The third kappa shape index (κ3) is 11.5. The van der Waals surface area contributed by atoms with Crippen molar-refractivity contribution in [3.63, 3.8) is 0 Å². The topological polar surface area (TPSA) is 38.3 Å². The molecule has 0 spiro atoms. The fourth-order valence-corrected chi connectivity index (χ4v) is 1.18. The Morgan fingerprint density at radius 1 is 1.27 bits per heavy atom. The smallest absolute Gasteiger partial charge is 0.158 e. The molecule has 0 aliphatic heterocycles. The van der Waals surface area contributed by atoms with Crippen LogP contribution in [0.25, 0.3) is 0 Å². The van der Waals surface area contributed by atoms with Gasteiger partial charge in [0, 0.05) is 19.1 Å². The second kappa shape index (κ2) is 10.1. The number of rotatable bonds is 10. The molecule has 15 heavy (non-hydrogen) atoms. The summed E-state index contributed by atoms with van der Waals surface area (Å²) >= 11 is 0. The van der Waals surface area contributed by atoms with Gasteiger partial charge in [0.1, 0.15) is 6.61 Å². The van der Waals surface area contributed by atoms with Crippen LogP contribution in [0.1, 0.15) is 46.5 Å². The molecule has 0 rings (SSSR count). The first-order chi connectivity index (χ1) is 7.16. The van der Waals surface area contributed by atoms with Gasteiger partial charge in [-0.05, 0) is 25.8 Å². The van der Waals surface area contributed by atoms with E-state index in [1.807, 2.05) is 6.92 Å². The summed E-state index contributed by atoms with van der Waals surface area (Å²) in [7, 11) is 0. The van der Waals surface area contributed by atoms with Gasteiger partial charge in [-0.2, -0.15) is 0 Å². The number of unbranched alkanes of at least 4 members (excludes halogenated alkanes) is 2. The highest BCUT2D eigenvalue weighted by atomic mass is 16.5. The van der Waals surface area contributed by atoms with Gasteiger partial charge in [-0.1, -0.05) is 20.8 Å². The van der Waals surface area contributed by atoms with Crippen molar-refractivity contribution in [3.8, 4) is 0 Å². The first-order valence-electron chi connectivity index (χ1n) is 5.99. The molecule has 0 fully saturated rings. The molecule has 1 N–H and O–H groups in total. The van der Waals surface area contributed by atoms with Gasteiger partial charge < -0.3 is 10.1 Å². The number of hydrogen-bond donors (Lipinski definition) is 1. The Labute approximate surface area is 93.6 Å². The Kier molecular flexibility index (Phi) is 9.84. The van der Waals surface area contributed by atoms with Crippen molar-refractivity contribution in [3.05, 3.63) is 0 Å². The van der Waals surface area contributed by atoms with E-state index < -0.39 is 0 Å². The van der Waals surface area contributed by atoms with Crippen LogP contribution in [0, 0.1) is 0 Å². The van der Waals surface area contributed by atoms with Crippen LogP contribution in [0.15, 0.2) is 0 Å². The number of ketones is 1. The largest absolute Gasteiger partial charge is 0.374 e. The minimum atomic E-state index is 0.191. The third-order valence-corrected chi connectivity index (χ3v) is 2.18. The van der Waals surface area contributed by atoms with Gasteiger partial charge in [0.15, 0.2) is 5.78 Å². The molecule has 0 bridgehead atoms. The van der Waals surface area contributed by atoms with Crippen molar-refractivity contribution in [2.24, 2.45) is 0 Å². The molecule has 0 saturated carbocycles. The summed E-state index contributed by atoms with van der Waals surface area (Å²) < 4.78 is 5.24. The predicted octanol–water partition coefficient (Wildman–Crippen LogP) is 2.15. The van der Waals surface area contributed by atoms with E-state index >= 15 is 0 Å². The maximum atomic E-state index is 10.9. The number of Topliss-reactive ketones (excluding diaryl/α,β-unsaturated/α-hetero) is 1. The maximum absolute atomic E-state index is 10.9. The molecule has 0 aliphatic carbocycles. The monoisotopic (exact) mass is 215 g/mol. The van der Waals surface area contributed by atoms with Crippen LogP contribution in [0.5, 0.6) is 0 Å². The lowest BCUT2D eigenvalue weighted by atomic mass is 10.2. The minimum Gasteiger partial charge on any atom is -0.374 e. The molecule has 0 radical (unpaired) electrons. The van der Waals surface area contributed by atoms with Crippen LogP contribution in [-0.4, -0.2) is 31.6 Å². The van der Waals surface area contributed by atoms with Crippen molar-refractivity contribution in [2.75, 3.05) is 19.8 Å². The highest BCUT2D eigenvalue weighted by molar-refractivity contribution is 5.79. The molecule has 0 amide bonds. The molecule has 0 atom stereocenters. The molecule has 0 saturated heterocycles. The van der Waals surface area contributed by atoms with Crippen LogP contribution < -0.4 is 5.32 Å². The number of ether oxygens (including phenoxy) is 1. The minimum absolute atomic E-state index is 0.191. The highest BCUT2D eigenvalue weighted by Gasteiger charge is 1.97. The molecule has 0 aromatic carbocycles. The van der Waals surface area contributed by atoms with Gasteiger partial charge in [0.25, 0.3) is 0 Å². The summed E-state index contributed by atoms with van der Waals surface area (Å²) in [6.07, 6.45) is 3.98. The summed E-state index contributed by atoms with van der Waals surface area (Å²) in [5.74, 6) is 0.191. The summed E-state index contributed by atoms with van der Waals surface area (Å²) in [4.78, 5) is 10.9. The predicted molar refractivity (Wildman–Crippen MR) is 63.1 cm³/mol. The van der Waals surface area contributed by atoms with E-state index in [0.717, 1.165) is 13.0 Å². The lowest BCUT2D eigenvalue weighted by molar-refractivity contribution is -0.123. The first-order valence-corrected chi connectivity index (χ1v) is 5.99. The third-order valence-electron chi connectivity index (χ3n) is 2.18. The fourth-order valence-electron chi connectivity index (χ4n) is 1.18. The second-order valence-corrected chi connectivity index (χ2v) is 4.11. The molecule has 0 unspecified atom stereocenters. The second-order valence-electron chi connectivity index (χ2n) is 4.11. The van der Waals surface area contributed by atoms with Crippen LogP contribution in [0.4, 0.5) is 0 Å². The number of carbonyl (C=O) groups is 1. The van der Waals surface area contributed by atoms with E-state index in [1.165, 1.54) is 12.8 Å². The van der Waals surface area contributed by atoms with Gasteiger partial charge in [0.05, 0.1) is 0 Å². The van der Waals surface area contributed by atoms with Gasteiger partial charge in [-0.15, -0.1) is 0 Å². The van der Waals surface area contributed by atoms with Crippen LogP contribution in [0.2, 0.25) is 0 Å². The average Bonchev–Trinajstić information content (AvgIpc) is 2.21. The normalized spacial score (nSPS) is 10.9. The molecule has 3 heteroatoms. The molecule has 0 aromatic rings. The fraction of sp³-hybridized carbons (Fsp3) is 0.917. The Morgan fingerprint density at radius 2 is 2.00 bits per heavy atom. The molecular weight excluding hydrogens is 190 g/mol. The number of hydrogen-bond acceptors (Lipinski definition) is 3. The lowest BCUT2D eigenvalue weighted by Gasteiger charge is -2.07. The van der Waals surface area contributed by atoms with Crippen LogP contribution in [0.3, 0.4) is 0 Å². The van der Waals surface area contributed by atoms with E-state index in [0.29, 0.717) is 25.7 Å². The van der Waals surface area contributed by atoms with E-state index in [-0.39, 0.29) is 5.78 Å². The molecule has 90 valence electrons. The Bertz CT molecular complexity index is 158. The van der Waals surface area contributed by atoms with Crippen molar-refractivity contribution in [1.29, 1.82) is 0 Å². The molecule has 3 nitrogen and oxygen atoms in total. The van der Waals surface area contributed by atoms with Gasteiger partial charge in [-0.25, -0.2) is 0 Å². The molecular formula is C12H25NO2. The molecule has 0 aromatic heterocycles. The summed E-state index contributed by atoms with van der Waals surface area (Å²) in [5, 5.41) is 3.37. The lowest BCUT2D eigenvalue weighted by Crippen LogP contribution is -2.23. The number of nitrogens with one attached hydrogen (secondary N) is 1. The SMILES string of the molecule is CCC(=O)COCCCCCNC(C)C. The Hall–Kier alpha value is -0.410. The summed E-state index contributed by atoms with van der Waals surface area (Å²) in [5.41, 5.74) is 0. The van der Waals surface area contributed by atoms with E-state index in [1.54, 1.807) is 0 Å². The van der Waals surface area contributed by atoms with Crippen LogP contribution >= 0.6 is 0 Å². The average molecular weight is 215 g/mol. The first kappa shape index (κ1) is 14.6. The van der Waals surface area contributed by atoms with E-state index in [4.69, 9.17) is 4.74 Å². The van der Waals surface area contributed by atoms with Crippen molar-refractivity contribution in [1.82, 2.24) is 5.32 Å². The van der Waals surface area contributed by atoms with Crippen LogP contribution in [-0.2, 0) is 9.53 Å². The quantitative estimate of drug-likeness (QED) is 0.567.